The normalized spacial score (nSPS) is 20.6. The van der Waals surface area contributed by atoms with E-state index in [4.69, 9.17) is 10.7 Å². The van der Waals surface area contributed by atoms with Crippen molar-refractivity contribution in [1.82, 2.24) is 14.9 Å². The van der Waals surface area contributed by atoms with Gasteiger partial charge in [-0.3, -0.25) is 4.90 Å². The summed E-state index contributed by atoms with van der Waals surface area (Å²) in [6.07, 6.45) is 0. The van der Waals surface area contributed by atoms with E-state index in [2.05, 4.69) is 30.7 Å². The van der Waals surface area contributed by atoms with E-state index in [9.17, 15) is 0 Å². The second-order valence-electron chi connectivity index (χ2n) is 5.38. The van der Waals surface area contributed by atoms with E-state index < -0.39 is 0 Å². The Morgan fingerprint density at radius 2 is 2.15 bits per heavy atom. The van der Waals surface area contributed by atoms with Crippen molar-refractivity contribution in [3.63, 3.8) is 0 Å². The Bertz CT molecular complexity index is 638. The predicted octanol–water partition coefficient (Wildman–Crippen LogP) is 2.83. The summed E-state index contributed by atoms with van der Waals surface area (Å²) in [5, 5.41) is 1.04. The van der Waals surface area contributed by atoms with E-state index >= 15 is 0 Å². The fraction of sp³-hybridized carbons (Fsp3) is 0.571. The molecule has 1 aliphatic heterocycles. The van der Waals surface area contributed by atoms with Gasteiger partial charge in [-0.15, -0.1) is 11.3 Å². The molecule has 108 valence electrons. The quantitative estimate of drug-likeness (QED) is 0.924. The van der Waals surface area contributed by atoms with Gasteiger partial charge in [0.15, 0.2) is 0 Å². The van der Waals surface area contributed by atoms with Crippen molar-refractivity contribution in [2.75, 3.05) is 23.8 Å². The van der Waals surface area contributed by atoms with Crippen LogP contribution in [-0.4, -0.2) is 39.0 Å². The van der Waals surface area contributed by atoms with E-state index in [0.29, 0.717) is 11.9 Å². The van der Waals surface area contributed by atoms with Crippen molar-refractivity contribution in [2.24, 2.45) is 0 Å². The van der Waals surface area contributed by atoms with Gasteiger partial charge in [0, 0.05) is 29.0 Å². The molecular weight excluding hydrogens is 288 g/mol. The number of aryl methyl sites for hydroxylation is 2. The molecule has 2 N–H and O–H groups in total. The van der Waals surface area contributed by atoms with Gasteiger partial charge in [-0.1, -0.05) is 0 Å². The number of hydrogen-bond donors (Lipinski definition) is 1. The van der Waals surface area contributed by atoms with Gasteiger partial charge in [-0.25, -0.2) is 9.97 Å². The maximum Gasteiger partial charge on any atom is 0.146 e. The molecule has 2 aromatic rings. The van der Waals surface area contributed by atoms with Crippen LogP contribution in [0.4, 0.5) is 5.82 Å². The van der Waals surface area contributed by atoms with E-state index in [1.165, 1.54) is 21.9 Å². The summed E-state index contributed by atoms with van der Waals surface area (Å²) in [6.45, 7) is 8.39. The number of nitrogens with zero attached hydrogens (tertiary/aromatic N) is 3. The Morgan fingerprint density at radius 3 is 2.90 bits per heavy atom. The number of rotatable bonds is 2. The van der Waals surface area contributed by atoms with Gasteiger partial charge in [0.2, 0.25) is 0 Å². The van der Waals surface area contributed by atoms with Crippen molar-refractivity contribution in [3.8, 4) is 0 Å². The number of thiophene rings is 1. The highest BCUT2D eigenvalue weighted by atomic mass is 32.2. The van der Waals surface area contributed by atoms with E-state index in [0.717, 1.165) is 29.1 Å². The Labute approximate surface area is 127 Å². The lowest BCUT2D eigenvalue weighted by atomic mass is 10.2. The summed E-state index contributed by atoms with van der Waals surface area (Å²) < 4.78 is 0. The van der Waals surface area contributed by atoms with Crippen LogP contribution in [0.1, 0.15) is 23.2 Å². The third-order valence-corrected chi connectivity index (χ3v) is 6.24. The molecule has 0 bridgehead atoms. The molecule has 2 aromatic heterocycles. The standard InChI is InChI=1S/C14H20N4S2/c1-8-7-19-5-4-18(8)6-11-16-13(15)12-9(2)10(3)20-14(12)17-11/h8H,4-7H2,1-3H3,(H2,15,16,17). The van der Waals surface area contributed by atoms with Gasteiger partial charge in [0.1, 0.15) is 16.5 Å². The average Bonchev–Trinajstić information content (AvgIpc) is 2.68. The lowest BCUT2D eigenvalue weighted by Crippen LogP contribution is -2.40. The first-order valence-electron chi connectivity index (χ1n) is 6.90. The Morgan fingerprint density at radius 1 is 1.35 bits per heavy atom. The summed E-state index contributed by atoms with van der Waals surface area (Å²) in [7, 11) is 0. The molecule has 1 saturated heterocycles. The maximum atomic E-state index is 6.14. The maximum absolute atomic E-state index is 6.14. The molecule has 1 fully saturated rings. The molecule has 0 aromatic carbocycles. The monoisotopic (exact) mass is 308 g/mol. The molecule has 3 heterocycles. The highest BCUT2D eigenvalue weighted by Gasteiger charge is 2.20. The van der Waals surface area contributed by atoms with Crippen molar-refractivity contribution < 1.29 is 0 Å². The molecule has 4 nitrogen and oxygen atoms in total. The third kappa shape index (κ3) is 2.52. The number of anilines is 1. The SMILES string of the molecule is Cc1sc2nc(CN3CCSCC3C)nc(N)c2c1C. The average molecular weight is 308 g/mol. The second-order valence-corrected chi connectivity index (χ2v) is 7.74. The Balaban J connectivity index is 1.92. The molecule has 0 aliphatic carbocycles. The Hall–Kier alpha value is -0.850. The number of hydrogen-bond acceptors (Lipinski definition) is 6. The van der Waals surface area contributed by atoms with Crippen LogP contribution < -0.4 is 5.73 Å². The summed E-state index contributed by atoms with van der Waals surface area (Å²) in [5.41, 5.74) is 7.36. The summed E-state index contributed by atoms with van der Waals surface area (Å²) in [4.78, 5) is 14.0. The van der Waals surface area contributed by atoms with Crippen LogP contribution >= 0.6 is 23.1 Å². The van der Waals surface area contributed by atoms with Crippen LogP contribution in [0.15, 0.2) is 0 Å². The highest BCUT2D eigenvalue weighted by Crippen LogP contribution is 2.32. The first kappa shape index (κ1) is 14.1. The molecule has 0 saturated carbocycles. The zero-order valence-corrected chi connectivity index (χ0v) is 13.8. The molecule has 0 radical (unpaired) electrons. The van der Waals surface area contributed by atoms with E-state index in [1.807, 2.05) is 11.8 Å². The van der Waals surface area contributed by atoms with Crippen LogP contribution in [0.2, 0.25) is 0 Å². The van der Waals surface area contributed by atoms with Crippen molar-refractivity contribution in [1.29, 1.82) is 0 Å². The van der Waals surface area contributed by atoms with Gasteiger partial charge in [0.05, 0.1) is 11.9 Å². The lowest BCUT2D eigenvalue weighted by Gasteiger charge is -2.32. The lowest BCUT2D eigenvalue weighted by molar-refractivity contribution is 0.219. The van der Waals surface area contributed by atoms with Crippen molar-refractivity contribution in [3.05, 3.63) is 16.3 Å². The summed E-state index contributed by atoms with van der Waals surface area (Å²) in [6, 6.07) is 0.584. The van der Waals surface area contributed by atoms with Crippen LogP contribution in [0.3, 0.4) is 0 Å². The van der Waals surface area contributed by atoms with Gasteiger partial charge in [-0.05, 0) is 26.3 Å². The third-order valence-electron chi connectivity index (χ3n) is 3.95. The summed E-state index contributed by atoms with van der Waals surface area (Å²) >= 11 is 3.74. The fourth-order valence-electron chi connectivity index (χ4n) is 2.58. The van der Waals surface area contributed by atoms with Crippen LogP contribution in [0, 0.1) is 13.8 Å². The molecule has 6 heteroatoms. The molecule has 20 heavy (non-hydrogen) atoms. The van der Waals surface area contributed by atoms with Crippen LogP contribution in [-0.2, 0) is 6.54 Å². The molecule has 0 spiro atoms. The number of nitrogen functional groups attached to an aromatic ring is 1. The van der Waals surface area contributed by atoms with Gasteiger partial charge < -0.3 is 5.73 Å². The predicted molar refractivity (Wildman–Crippen MR) is 88.5 cm³/mol. The fourth-order valence-corrected chi connectivity index (χ4v) is 4.71. The van der Waals surface area contributed by atoms with E-state index in [-0.39, 0.29) is 0 Å². The van der Waals surface area contributed by atoms with Gasteiger partial charge in [-0.2, -0.15) is 11.8 Å². The smallest absolute Gasteiger partial charge is 0.146 e. The minimum Gasteiger partial charge on any atom is -0.383 e. The molecule has 0 amide bonds. The number of nitrogens with two attached hydrogens (primary N) is 1. The summed E-state index contributed by atoms with van der Waals surface area (Å²) in [5.74, 6) is 3.87. The van der Waals surface area contributed by atoms with Gasteiger partial charge >= 0.3 is 0 Å². The van der Waals surface area contributed by atoms with Crippen molar-refractivity contribution >= 4 is 39.1 Å². The van der Waals surface area contributed by atoms with Crippen LogP contribution in [0.25, 0.3) is 10.2 Å². The number of aromatic nitrogens is 2. The molecule has 1 unspecified atom stereocenters. The number of fused-ring (bicyclic) bond motifs is 1. The zero-order chi connectivity index (χ0) is 14.3. The minimum atomic E-state index is 0.584. The van der Waals surface area contributed by atoms with E-state index in [1.54, 1.807) is 11.3 Å². The zero-order valence-electron chi connectivity index (χ0n) is 12.1. The van der Waals surface area contributed by atoms with Gasteiger partial charge in [0.25, 0.3) is 0 Å². The largest absolute Gasteiger partial charge is 0.383 e. The first-order chi connectivity index (χ1) is 9.56. The molecule has 1 atom stereocenters. The molecule has 3 rings (SSSR count). The Kier molecular flexibility index (Phi) is 3.88. The topological polar surface area (TPSA) is 55.0 Å². The second kappa shape index (κ2) is 5.50. The highest BCUT2D eigenvalue weighted by molar-refractivity contribution is 7.99. The molecule has 1 aliphatic rings. The van der Waals surface area contributed by atoms with Crippen LogP contribution in [0.5, 0.6) is 0 Å². The molecular formula is C14H20N4S2. The first-order valence-corrected chi connectivity index (χ1v) is 8.87. The number of thioether (sulfide) groups is 1. The minimum absolute atomic E-state index is 0.584. The van der Waals surface area contributed by atoms with Crippen molar-refractivity contribution in [2.45, 2.75) is 33.4 Å².